The topological polar surface area (TPSA) is 109 Å². The van der Waals surface area contributed by atoms with Crippen molar-refractivity contribution in [3.8, 4) is 0 Å². The molecule has 0 spiro atoms. The summed E-state index contributed by atoms with van der Waals surface area (Å²) in [6, 6.07) is 2.08. The number of rotatable bonds is 5. The van der Waals surface area contributed by atoms with Crippen molar-refractivity contribution >= 4 is 11.5 Å². The number of hydrogen-bond acceptors (Lipinski definition) is 6. The van der Waals surface area contributed by atoms with Crippen LogP contribution in [-0.4, -0.2) is 39.4 Å². The molecule has 7 heteroatoms. The molecule has 0 saturated carbocycles. The number of aliphatic hydroxyl groups is 2. The third kappa shape index (κ3) is 2.86. The average molecular weight is 213 g/mol. The summed E-state index contributed by atoms with van der Waals surface area (Å²) in [6.07, 6.45) is 1.39. The zero-order valence-electron chi connectivity index (χ0n) is 7.83. The van der Waals surface area contributed by atoms with Gasteiger partial charge in [-0.1, -0.05) is 0 Å². The quantitative estimate of drug-likeness (QED) is 0.460. The molecule has 0 aromatic carbocycles. The maximum atomic E-state index is 10.6. The molecule has 3 N–H and O–H groups in total. The van der Waals surface area contributed by atoms with Gasteiger partial charge in [-0.2, -0.15) is 0 Å². The SMILES string of the molecule is O=[N+]([O-])c1cccnc1NC(CO)CO. The number of nitrogens with one attached hydrogen (secondary N) is 1. The lowest BCUT2D eigenvalue weighted by molar-refractivity contribution is -0.384. The molecule has 1 aromatic rings. The van der Waals surface area contributed by atoms with Crippen LogP contribution < -0.4 is 5.32 Å². The van der Waals surface area contributed by atoms with Gasteiger partial charge in [-0.3, -0.25) is 10.1 Å². The van der Waals surface area contributed by atoms with Crippen molar-refractivity contribution in [3.05, 3.63) is 28.4 Å². The van der Waals surface area contributed by atoms with Crippen LogP contribution in [0.3, 0.4) is 0 Å². The van der Waals surface area contributed by atoms with Crippen molar-refractivity contribution in [2.45, 2.75) is 6.04 Å². The lowest BCUT2D eigenvalue weighted by Gasteiger charge is -2.13. The average Bonchev–Trinajstić information content (AvgIpc) is 2.26. The van der Waals surface area contributed by atoms with E-state index < -0.39 is 11.0 Å². The van der Waals surface area contributed by atoms with Gasteiger partial charge in [-0.15, -0.1) is 0 Å². The highest BCUT2D eigenvalue weighted by Gasteiger charge is 2.16. The lowest BCUT2D eigenvalue weighted by atomic mass is 10.3. The van der Waals surface area contributed by atoms with Crippen LogP contribution in [0.2, 0.25) is 0 Å². The van der Waals surface area contributed by atoms with Crippen molar-refractivity contribution in [1.82, 2.24) is 4.98 Å². The van der Waals surface area contributed by atoms with Gasteiger partial charge in [0, 0.05) is 12.3 Å². The van der Waals surface area contributed by atoms with Crippen LogP contribution in [0, 0.1) is 10.1 Å². The van der Waals surface area contributed by atoms with Crippen LogP contribution in [0.5, 0.6) is 0 Å². The summed E-state index contributed by atoms with van der Waals surface area (Å²) in [5.41, 5.74) is -0.190. The van der Waals surface area contributed by atoms with Gasteiger partial charge in [-0.05, 0) is 6.07 Å². The molecule has 0 saturated heterocycles. The first kappa shape index (κ1) is 11.3. The van der Waals surface area contributed by atoms with Crippen LogP contribution in [0.25, 0.3) is 0 Å². The van der Waals surface area contributed by atoms with E-state index >= 15 is 0 Å². The van der Waals surface area contributed by atoms with Crippen LogP contribution in [0.1, 0.15) is 0 Å². The zero-order valence-corrected chi connectivity index (χ0v) is 7.83. The molecule has 0 aliphatic carbocycles. The van der Waals surface area contributed by atoms with E-state index in [1.165, 1.54) is 18.3 Å². The second-order valence-electron chi connectivity index (χ2n) is 2.83. The molecule has 1 rings (SSSR count). The fourth-order valence-electron chi connectivity index (χ4n) is 0.998. The van der Waals surface area contributed by atoms with Gasteiger partial charge in [0.2, 0.25) is 5.82 Å². The van der Waals surface area contributed by atoms with Gasteiger partial charge in [0.25, 0.3) is 0 Å². The van der Waals surface area contributed by atoms with E-state index in [2.05, 4.69) is 10.3 Å². The Morgan fingerprint density at radius 3 is 2.73 bits per heavy atom. The minimum absolute atomic E-state index is 0.0376. The standard InChI is InChI=1S/C8H11N3O4/c12-4-6(5-13)10-8-7(11(14)15)2-1-3-9-8/h1-3,6,12-13H,4-5H2,(H,9,10). The monoisotopic (exact) mass is 213 g/mol. The third-order valence-corrected chi connectivity index (χ3v) is 1.76. The van der Waals surface area contributed by atoms with E-state index in [1.807, 2.05) is 0 Å². The van der Waals surface area contributed by atoms with Crippen molar-refractivity contribution in [2.75, 3.05) is 18.5 Å². The Bertz CT molecular complexity index is 340. The van der Waals surface area contributed by atoms with Crippen molar-refractivity contribution in [2.24, 2.45) is 0 Å². The molecule has 1 heterocycles. The molecular formula is C8H11N3O4. The number of nitrogens with zero attached hydrogens (tertiary/aromatic N) is 2. The smallest absolute Gasteiger partial charge is 0.311 e. The first-order chi connectivity index (χ1) is 7.19. The molecular weight excluding hydrogens is 202 g/mol. The number of pyridine rings is 1. The molecule has 0 atom stereocenters. The number of aliphatic hydroxyl groups excluding tert-OH is 2. The van der Waals surface area contributed by atoms with Crippen molar-refractivity contribution < 1.29 is 15.1 Å². The Kier molecular flexibility index (Phi) is 3.95. The summed E-state index contributed by atoms with van der Waals surface area (Å²) in [5.74, 6) is 0.0376. The van der Waals surface area contributed by atoms with Gasteiger partial charge in [0.1, 0.15) is 0 Å². The Morgan fingerprint density at radius 1 is 1.53 bits per heavy atom. The molecule has 15 heavy (non-hydrogen) atoms. The highest BCUT2D eigenvalue weighted by molar-refractivity contribution is 5.55. The van der Waals surface area contributed by atoms with Gasteiger partial charge in [0.05, 0.1) is 24.2 Å². The summed E-state index contributed by atoms with van der Waals surface area (Å²) in [5, 5.41) is 30.7. The second-order valence-corrected chi connectivity index (χ2v) is 2.83. The molecule has 7 nitrogen and oxygen atoms in total. The van der Waals surface area contributed by atoms with Crippen LogP contribution in [0.15, 0.2) is 18.3 Å². The minimum atomic E-state index is -0.654. The van der Waals surface area contributed by atoms with Crippen molar-refractivity contribution in [3.63, 3.8) is 0 Å². The van der Waals surface area contributed by atoms with Crippen molar-refractivity contribution in [1.29, 1.82) is 0 Å². The summed E-state index contributed by atoms with van der Waals surface area (Å²) >= 11 is 0. The number of hydrogen-bond donors (Lipinski definition) is 3. The number of nitro groups is 1. The Labute approximate surface area is 85.5 Å². The van der Waals surface area contributed by atoms with E-state index in [1.54, 1.807) is 0 Å². The first-order valence-corrected chi connectivity index (χ1v) is 4.26. The molecule has 0 aliphatic rings. The molecule has 0 radical (unpaired) electrons. The summed E-state index contributed by atoms with van der Waals surface area (Å²) in [4.78, 5) is 13.8. The lowest BCUT2D eigenvalue weighted by Crippen LogP contribution is -2.28. The summed E-state index contributed by atoms with van der Waals surface area (Å²) in [6.45, 7) is -0.658. The predicted octanol–water partition coefficient (Wildman–Crippen LogP) is -0.245. The molecule has 0 fully saturated rings. The van der Waals surface area contributed by atoms with E-state index in [-0.39, 0.29) is 24.7 Å². The zero-order chi connectivity index (χ0) is 11.3. The predicted molar refractivity (Wildman–Crippen MR) is 52.5 cm³/mol. The fraction of sp³-hybridized carbons (Fsp3) is 0.375. The number of aromatic nitrogens is 1. The summed E-state index contributed by atoms with van der Waals surface area (Å²) < 4.78 is 0. The molecule has 0 unspecified atom stereocenters. The largest absolute Gasteiger partial charge is 0.394 e. The van der Waals surface area contributed by atoms with Crippen LogP contribution in [-0.2, 0) is 0 Å². The van der Waals surface area contributed by atoms with Gasteiger partial charge in [0.15, 0.2) is 0 Å². The normalized spacial score (nSPS) is 10.3. The highest BCUT2D eigenvalue weighted by Crippen LogP contribution is 2.20. The second kappa shape index (κ2) is 5.23. The van der Waals surface area contributed by atoms with Crippen LogP contribution in [0.4, 0.5) is 11.5 Å². The maximum Gasteiger partial charge on any atom is 0.311 e. The Balaban J connectivity index is 2.88. The first-order valence-electron chi connectivity index (χ1n) is 4.26. The molecule has 0 aliphatic heterocycles. The van der Waals surface area contributed by atoms with Gasteiger partial charge >= 0.3 is 5.69 Å². The molecule has 1 aromatic heterocycles. The van der Waals surface area contributed by atoms with E-state index in [9.17, 15) is 10.1 Å². The van der Waals surface area contributed by atoms with Gasteiger partial charge in [-0.25, -0.2) is 4.98 Å². The third-order valence-electron chi connectivity index (χ3n) is 1.76. The Morgan fingerprint density at radius 2 is 2.20 bits per heavy atom. The number of anilines is 1. The van der Waals surface area contributed by atoms with Crippen LogP contribution >= 0.6 is 0 Å². The molecule has 0 amide bonds. The molecule has 82 valence electrons. The minimum Gasteiger partial charge on any atom is -0.394 e. The highest BCUT2D eigenvalue weighted by atomic mass is 16.6. The molecule has 0 bridgehead atoms. The van der Waals surface area contributed by atoms with Gasteiger partial charge < -0.3 is 15.5 Å². The van der Waals surface area contributed by atoms with E-state index in [0.717, 1.165) is 0 Å². The summed E-state index contributed by atoms with van der Waals surface area (Å²) in [7, 11) is 0. The fourth-order valence-corrected chi connectivity index (χ4v) is 0.998. The Hall–Kier alpha value is -1.73. The van der Waals surface area contributed by atoms with E-state index in [0.29, 0.717) is 0 Å². The van der Waals surface area contributed by atoms with E-state index in [4.69, 9.17) is 10.2 Å². The maximum absolute atomic E-state index is 10.6.